The molecule has 1 unspecified atom stereocenters. The van der Waals surface area contributed by atoms with Gasteiger partial charge in [-0.05, 0) is 25.2 Å². The molecule has 0 aromatic heterocycles. The molecule has 10 heavy (non-hydrogen) atoms. The minimum Gasteiger partial charge on any atom is -0.328 e. The highest BCUT2D eigenvalue weighted by Crippen LogP contribution is 2.44. The Kier molecular flexibility index (Phi) is 2.29. The van der Waals surface area contributed by atoms with Gasteiger partial charge in [0.2, 0.25) is 0 Å². The highest BCUT2D eigenvalue weighted by Gasteiger charge is 2.43. The highest BCUT2D eigenvalue weighted by atomic mass is 19.1. The van der Waals surface area contributed by atoms with Crippen LogP contribution in [0.1, 0.15) is 32.6 Å². The van der Waals surface area contributed by atoms with E-state index in [-0.39, 0.29) is 12.5 Å². The van der Waals surface area contributed by atoms with Crippen LogP contribution in [0.2, 0.25) is 0 Å². The van der Waals surface area contributed by atoms with Gasteiger partial charge < -0.3 is 5.73 Å². The van der Waals surface area contributed by atoms with Crippen LogP contribution in [0.4, 0.5) is 4.39 Å². The zero-order valence-corrected chi connectivity index (χ0v) is 6.57. The van der Waals surface area contributed by atoms with Crippen molar-refractivity contribution >= 4 is 0 Å². The van der Waals surface area contributed by atoms with Crippen molar-refractivity contribution in [1.82, 2.24) is 0 Å². The molecule has 1 fully saturated rings. The van der Waals surface area contributed by atoms with E-state index in [1.54, 1.807) is 0 Å². The summed E-state index contributed by atoms with van der Waals surface area (Å²) >= 11 is 0. The number of rotatable bonds is 4. The predicted molar refractivity (Wildman–Crippen MR) is 40.5 cm³/mol. The van der Waals surface area contributed by atoms with Crippen molar-refractivity contribution in [2.45, 2.75) is 38.3 Å². The van der Waals surface area contributed by atoms with E-state index in [2.05, 4.69) is 0 Å². The molecule has 60 valence electrons. The molecule has 1 saturated carbocycles. The lowest BCUT2D eigenvalue weighted by atomic mass is 9.95. The van der Waals surface area contributed by atoms with Gasteiger partial charge in [-0.1, -0.05) is 13.3 Å². The van der Waals surface area contributed by atoms with Crippen LogP contribution < -0.4 is 5.73 Å². The maximum atomic E-state index is 13.6. The SMILES string of the molecule is CCCC(F)(CN)C1CC1. The topological polar surface area (TPSA) is 26.0 Å². The number of hydrogen-bond acceptors (Lipinski definition) is 1. The molecule has 0 bridgehead atoms. The standard InChI is InChI=1S/C8H16FN/c1-2-5-8(9,6-10)7-3-4-7/h7H,2-6,10H2,1H3. The summed E-state index contributed by atoms with van der Waals surface area (Å²) in [4.78, 5) is 0. The largest absolute Gasteiger partial charge is 0.328 e. The van der Waals surface area contributed by atoms with Crippen molar-refractivity contribution in [1.29, 1.82) is 0 Å². The number of nitrogens with two attached hydrogens (primary N) is 1. The van der Waals surface area contributed by atoms with Crippen molar-refractivity contribution in [3.8, 4) is 0 Å². The molecule has 1 nitrogen and oxygen atoms in total. The van der Waals surface area contributed by atoms with Crippen molar-refractivity contribution in [3.63, 3.8) is 0 Å². The van der Waals surface area contributed by atoms with Gasteiger partial charge in [-0.15, -0.1) is 0 Å². The third-order valence-electron chi connectivity index (χ3n) is 2.31. The molecule has 0 aromatic rings. The Morgan fingerprint density at radius 3 is 2.50 bits per heavy atom. The Balaban J connectivity index is 2.39. The van der Waals surface area contributed by atoms with Crippen molar-refractivity contribution in [3.05, 3.63) is 0 Å². The number of halogens is 1. The molecule has 1 aliphatic carbocycles. The fraction of sp³-hybridized carbons (Fsp3) is 1.00. The monoisotopic (exact) mass is 145 g/mol. The van der Waals surface area contributed by atoms with Crippen molar-refractivity contribution < 1.29 is 4.39 Å². The maximum absolute atomic E-state index is 13.6. The molecule has 2 N–H and O–H groups in total. The second-order valence-corrected chi connectivity index (χ2v) is 3.26. The van der Waals surface area contributed by atoms with E-state index in [0.29, 0.717) is 6.42 Å². The third kappa shape index (κ3) is 1.48. The van der Waals surface area contributed by atoms with Crippen LogP contribution in [-0.4, -0.2) is 12.2 Å². The fourth-order valence-corrected chi connectivity index (χ4v) is 1.49. The van der Waals surface area contributed by atoms with Crippen LogP contribution in [0.5, 0.6) is 0 Å². The molecule has 1 atom stereocenters. The van der Waals surface area contributed by atoms with Gasteiger partial charge in [-0.2, -0.15) is 0 Å². The lowest BCUT2D eigenvalue weighted by molar-refractivity contribution is 0.129. The van der Waals surface area contributed by atoms with Crippen LogP contribution in [0, 0.1) is 5.92 Å². The van der Waals surface area contributed by atoms with E-state index >= 15 is 0 Å². The van der Waals surface area contributed by atoms with E-state index in [1.807, 2.05) is 6.92 Å². The van der Waals surface area contributed by atoms with Gasteiger partial charge in [0.1, 0.15) is 5.67 Å². The molecular formula is C8H16FN. The molecule has 2 heteroatoms. The van der Waals surface area contributed by atoms with Gasteiger partial charge in [-0.3, -0.25) is 0 Å². The second kappa shape index (κ2) is 2.87. The maximum Gasteiger partial charge on any atom is 0.126 e. The Morgan fingerprint density at radius 2 is 2.20 bits per heavy atom. The van der Waals surface area contributed by atoms with E-state index in [1.165, 1.54) is 0 Å². The van der Waals surface area contributed by atoms with Crippen LogP contribution in [-0.2, 0) is 0 Å². The van der Waals surface area contributed by atoms with E-state index in [0.717, 1.165) is 19.3 Å². The minimum absolute atomic E-state index is 0.214. The smallest absolute Gasteiger partial charge is 0.126 e. The molecule has 0 aromatic carbocycles. The molecule has 0 heterocycles. The molecule has 0 spiro atoms. The summed E-state index contributed by atoms with van der Waals surface area (Å²) in [6.45, 7) is 2.22. The normalized spacial score (nSPS) is 24.3. The molecule has 0 aliphatic heterocycles. The van der Waals surface area contributed by atoms with Crippen LogP contribution in [0.15, 0.2) is 0 Å². The summed E-state index contributed by atoms with van der Waals surface area (Å²) in [5.41, 5.74) is 4.34. The van der Waals surface area contributed by atoms with Gasteiger partial charge in [-0.25, -0.2) is 4.39 Å². The van der Waals surface area contributed by atoms with Gasteiger partial charge in [0, 0.05) is 6.54 Å². The number of alkyl halides is 1. The summed E-state index contributed by atoms with van der Waals surface area (Å²) in [5, 5.41) is 0. The lowest BCUT2D eigenvalue weighted by Crippen LogP contribution is -2.35. The van der Waals surface area contributed by atoms with Gasteiger partial charge in [0.15, 0.2) is 0 Å². The molecule has 0 radical (unpaired) electrons. The Hall–Kier alpha value is -0.110. The summed E-state index contributed by atoms with van der Waals surface area (Å²) in [6, 6.07) is 0. The zero-order chi connectivity index (χ0) is 7.61. The summed E-state index contributed by atoms with van der Waals surface area (Å²) in [5.74, 6) is 0.289. The molecule has 1 aliphatic rings. The molecule has 0 saturated heterocycles. The first-order chi connectivity index (χ1) is 4.73. The third-order valence-corrected chi connectivity index (χ3v) is 2.31. The Bertz CT molecular complexity index is 112. The van der Waals surface area contributed by atoms with Crippen molar-refractivity contribution in [2.24, 2.45) is 11.7 Å². The summed E-state index contributed by atoms with van der Waals surface area (Å²) in [7, 11) is 0. The summed E-state index contributed by atoms with van der Waals surface area (Å²) < 4.78 is 13.6. The Morgan fingerprint density at radius 1 is 1.60 bits per heavy atom. The lowest BCUT2D eigenvalue weighted by Gasteiger charge is -2.22. The molecule has 0 amide bonds. The zero-order valence-electron chi connectivity index (χ0n) is 6.57. The number of hydrogen-bond donors (Lipinski definition) is 1. The van der Waals surface area contributed by atoms with Gasteiger partial charge >= 0.3 is 0 Å². The van der Waals surface area contributed by atoms with E-state index < -0.39 is 5.67 Å². The average molecular weight is 145 g/mol. The minimum atomic E-state index is -1.02. The summed E-state index contributed by atoms with van der Waals surface area (Å²) in [6.07, 6.45) is 3.65. The first kappa shape index (κ1) is 7.99. The highest BCUT2D eigenvalue weighted by molar-refractivity contribution is 4.95. The van der Waals surface area contributed by atoms with Crippen LogP contribution in [0.3, 0.4) is 0 Å². The fourth-order valence-electron chi connectivity index (χ4n) is 1.49. The first-order valence-electron chi connectivity index (χ1n) is 4.12. The van der Waals surface area contributed by atoms with Gasteiger partial charge in [0.25, 0.3) is 0 Å². The second-order valence-electron chi connectivity index (χ2n) is 3.26. The average Bonchev–Trinajstić information content (AvgIpc) is 2.69. The van der Waals surface area contributed by atoms with Crippen LogP contribution >= 0.6 is 0 Å². The quantitative estimate of drug-likeness (QED) is 0.642. The molecular weight excluding hydrogens is 129 g/mol. The molecule has 1 rings (SSSR count). The van der Waals surface area contributed by atoms with E-state index in [9.17, 15) is 4.39 Å². The van der Waals surface area contributed by atoms with E-state index in [4.69, 9.17) is 5.73 Å². The van der Waals surface area contributed by atoms with Crippen molar-refractivity contribution in [2.75, 3.05) is 6.54 Å². The first-order valence-corrected chi connectivity index (χ1v) is 4.12. The predicted octanol–water partition coefficient (Wildman–Crippen LogP) is 1.86. The van der Waals surface area contributed by atoms with Crippen LogP contribution in [0.25, 0.3) is 0 Å². The Labute approximate surface area is 61.8 Å². The van der Waals surface area contributed by atoms with Gasteiger partial charge in [0.05, 0.1) is 0 Å².